The van der Waals surface area contributed by atoms with E-state index in [1.807, 2.05) is 4.98 Å². The molecule has 0 atom stereocenters. The Hall–Kier alpha value is -4.52. The smallest absolute Gasteiger partial charge is 0.313 e. The van der Waals surface area contributed by atoms with E-state index in [4.69, 9.17) is 0 Å². The van der Waals surface area contributed by atoms with E-state index in [0.29, 0.717) is 5.69 Å². The Morgan fingerprint density at radius 3 is 2.36 bits per heavy atom. The second-order valence-corrected chi connectivity index (χ2v) is 8.49. The van der Waals surface area contributed by atoms with E-state index in [1.165, 1.54) is 29.3 Å². The van der Waals surface area contributed by atoms with Crippen LogP contribution in [0.25, 0.3) is 0 Å². The third-order valence-corrected chi connectivity index (χ3v) is 5.89. The summed E-state index contributed by atoms with van der Waals surface area (Å²) in [5, 5.41) is 7.90. The van der Waals surface area contributed by atoms with Gasteiger partial charge in [-0.15, -0.1) is 0 Å². The third kappa shape index (κ3) is 4.72. The first kappa shape index (κ1) is 21.7. The maximum atomic E-state index is 12.5. The normalized spacial score (nSPS) is 13.5. The van der Waals surface area contributed by atoms with Crippen molar-refractivity contribution in [2.45, 2.75) is 11.3 Å². The van der Waals surface area contributed by atoms with Gasteiger partial charge in [-0.2, -0.15) is 10.1 Å². The van der Waals surface area contributed by atoms with Crippen LogP contribution in [0.3, 0.4) is 0 Å². The summed E-state index contributed by atoms with van der Waals surface area (Å²) in [6.07, 6.45) is 0.708. The van der Waals surface area contributed by atoms with Gasteiger partial charge in [0, 0.05) is 17.4 Å². The minimum Gasteiger partial charge on any atom is -0.313 e. The number of rotatable bonds is 5. The molecule has 2 amide bonds. The summed E-state index contributed by atoms with van der Waals surface area (Å²) < 4.78 is 26.9. The SMILES string of the molecule is O=C(NC1=NN(c2ccccc2)C(=O)C1)c1ccc(NS(=O)(=O)c2c[nH]c(=O)[nH]c2=O)cc1. The Kier molecular flexibility index (Phi) is 5.62. The van der Waals surface area contributed by atoms with Crippen molar-refractivity contribution in [2.75, 3.05) is 9.73 Å². The Labute approximate surface area is 186 Å². The summed E-state index contributed by atoms with van der Waals surface area (Å²) in [6.45, 7) is 0. The summed E-state index contributed by atoms with van der Waals surface area (Å²) in [5.41, 5.74) is -1.06. The maximum absolute atomic E-state index is 12.5. The molecular weight excluding hydrogens is 452 g/mol. The number of amidine groups is 1. The molecule has 4 N–H and O–H groups in total. The minimum atomic E-state index is -4.28. The van der Waals surface area contributed by atoms with Crippen LogP contribution >= 0.6 is 0 Å². The van der Waals surface area contributed by atoms with Crippen LogP contribution in [-0.4, -0.2) is 36.0 Å². The summed E-state index contributed by atoms with van der Waals surface area (Å²) >= 11 is 0. The van der Waals surface area contributed by atoms with E-state index in [0.717, 1.165) is 6.20 Å². The highest BCUT2D eigenvalue weighted by atomic mass is 32.2. The summed E-state index contributed by atoms with van der Waals surface area (Å²) in [7, 11) is -4.28. The quantitative estimate of drug-likeness (QED) is 0.420. The lowest BCUT2D eigenvalue weighted by Gasteiger charge is -2.10. The molecule has 1 aromatic heterocycles. The summed E-state index contributed by atoms with van der Waals surface area (Å²) in [4.78, 5) is 50.7. The van der Waals surface area contributed by atoms with E-state index < -0.39 is 32.1 Å². The number of sulfonamides is 1. The first-order valence-electron chi connectivity index (χ1n) is 9.45. The van der Waals surface area contributed by atoms with Gasteiger partial charge in [0.25, 0.3) is 27.4 Å². The van der Waals surface area contributed by atoms with Gasteiger partial charge in [0.15, 0.2) is 4.90 Å². The van der Waals surface area contributed by atoms with E-state index >= 15 is 0 Å². The molecule has 4 rings (SSSR count). The fourth-order valence-electron chi connectivity index (χ4n) is 2.97. The Balaban J connectivity index is 1.45. The van der Waals surface area contributed by atoms with Crippen LogP contribution in [0, 0.1) is 0 Å². The third-order valence-electron chi connectivity index (χ3n) is 4.51. The number of aromatic nitrogens is 2. The molecule has 1 aliphatic heterocycles. The zero-order valence-electron chi connectivity index (χ0n) is 16.7. The molecule has 0 radical (unpaired) electrons. The van der Waals surface area contributed by atoms with Crippen LogP contribution in [0.2, 0.25) is 0 Å². The molecule has 0 spiro atoms. The van der Waals surface area contributed by atoms with Crippen LogP contribution < -0.4 is 26.3 Å². The van der Waals surface area contributed by atoms with E-state index in [2.05, 4.69) is 20.1 Å². The number of nitrogens with one attached hydrogen (secondary N) is 4. The van der Waals surface area contributed by atoms with Gasteiger partial charge in [0.2, 0.25) is 0 Å². The molecule has 0 unspecified atom stereocenters. The highest BCUT2D eigenvalue weighted by Crippen LogP contribution is 2.19. The largest absolute Gasteiger partial charge is 0.325 e. The van der Waals surface area contributed by atoms with Crippen LogP contribution in [-0.2, 0) is 14.8 Å². The van der Waals surface area contributed by atoms with Gasteiger partial charge in [-0.1, -0.05) is 18.2 Å². The Morgan fingerprint density at radius 1 is 1.00 bits per heavy atom. The molecule has 12 nitrogen and oxygen atoms in total. The molecule has 2 heterocycles. The molecule has 0 bridgehead atoms. The molecule has 3 aromatic rings. The number of carbonyl (C=O) groups excluding carboxylic acids is 2. The van der Waals surface area contributed by atoms with Crippen molar-refractivity contribution in [3.8, 4) is 0 Å². The van der Waals surface area contributed by atoms with Gasteiger partial charge in [-0.25, -0.2) is 13.2 Å². The van der Waals surface area contributed by atoms with Crippen LogP contribution in [0.1, 0.15) is 16.8 Å². The lowest BCUT2D eigenvalue weighted by molar-refractivity contribution is -0.116. The van der Waals surface area contributed by atoms with Gasteiger partial charge >= 0.3 is 5.69 Å². The number of H-pyrrole nitrogens is 2. The number of anilines is 2. The number of aromatic amines is 2. The van der Waals surface area contributed by atoms with Crippen LogP contribution in [0.5, 0.6) is 0 Å². The summed E-state index contributed by atoms with van der Waals surface area (Å²) in [5.74, 6) is -0.655. The van der Waals surface area contributed by atoms with Gasteiger partial charge in [-0.3, -0.25) is 24.1 Å². The number of hydrogen-bond acceptors (Lipinski definition) is 7. The Morgan fingerprint density at radius 2 is 1.70 bits per heavy atom. The molecule has 0 fully saturated rings. The topological polar surface area (TPSA) is 174 Å². The molecule has 13 heteroatoms. The van der Waals surface area contributed by atoms with E-state index in [1.54, 1.807) is 30.3 Å². The highest BCUT2D eigenvalue weighted by molar-refractivity contribution is 7.92. The fraction of sp³-hybridized carbons (Fsp3) is 0.0500. The molecule has 0 saturated carbocycles. The zero-order valence-corrected chi connectivity index (χ0v) is 17.5. The molecule has 0 saturated heterocycles. The van der Waals surface area contributed by atoms with Crippen molar-refractivity contribution < 1.29 is 18.0 Å². The van der Waals surface area contributed by atoms with Crippen molar-refractivity contribution in [1.29, 1.82) is 0 Å². The van der Waals surface area contributed by atoms with Crippen molar-refractivity contribution in [1.82, 2.24) is 15.3 Å². The average Bonchev–Trinajstić information content (AvgIpc) is 3.14. The van der Waals surface area contributed by atoms with Gasteiger partial charge in [-0.05, 0) is 36.4 Å². The second kappa shape index (κ2) is 8.55. The van der Waals surface area contributed by atoms with Gasteiger partial charge < -0.3 is 10.3 Å². The lowest BCUT2D eigenvalue weighted by atomic mass is 10.2. The van der Waals surface area contributed by atoms with Crippen LogP contribution in [0.15, 0.2) is 80.4 Å². The van der Waals surface area contributed by atoms with E-state index in [-0.39, 0.29) is 29.4 Å². The van der Waals surface area contributed by atoms with Crippen molar-refractivity contribution >= 4 is 39.0 Å². The number of para-hydroxylation sites is 1. The molecule has 168 valence electrons. The second-order valence-electron chi connectivity index (χ2n) is 6.84. The van der Waals surface area contributed by atoms with Crippen molar-refractivity contribution in [2.24, 2.45) is 5.10 Å². The van der Waals surface area contributed by atoms with Crippen LogP contribution in [0.4, 0.5) is 11.4 Å². The molecule has 33 heavy (non-hydrogen) atoms. The molecule has 1 aliphatic rings. The first-order valence-corrected chi connectivity index (χ1v) is 10.9. The number of benzene rings is 2. The van der Waals surface area contributed by atoms with Crippen molar-refractivity contribution in [3.05, 3.63) is 87.2 Å². The van der Waals surface area contributed by atoms with Gasteiger partial charge in [0.1, 0.15) is 5.84 Å². The fourth-order valence-corrected chi connectivity index (χ4v) is 4.04. The first-order chi connectivity index (χ1) is 15.7. The predicted molar refractivity (Wildman–Crippen MR) is 118 cm³/mol. The monoisotopic (exact) mass is 468 g/mol. The number of hydrazone groups is 1. The number of carbonyl (C=O) groups is 2. The lowest BCUT2D eigenvalue weighted by Crippen LogP contribution is -2.30. The Bertz CT molecular complexity index is 1480. The van der Waals surface area contributed by atoms with Gasteiger partial charge in [0.05, 0.1) is 12.1 Å². The molecular formula is C20H16N6O6S. The predicted octanol–water partition coefficient (Wildman–Crippen LogP) is 0.344. The van der Waals surface area contributed by atoms with E-state index in [9.17, 15) is 27.6 Å². The molecule has 2 aromatic carbocycles. The average molecular weight is 468 g/mol. The van der Waals surface area contributed by atoms with Crippen molar-refractivity contribution in [3.63, 3.8) is 0 Å². The minimum absolute atomic E-state index is 0.0772. The molecule has 0 aliphatic carbocycles. The zero-order chi connectivity index (χ0) is 23.6. The maximum Gasteiger partial charge on any atom is 0.325 e. The highest BCUT2D eigenvalue weighted by Gasteiger charge is 2.26. The number of nitrogens with zero attached hydrogens (tertiary/aromatic N) is 2. The number of amides is 2. The standard InChI is InChI=1S/C20H16N6O6S/c27-17-10-16(24-26(17)14-4-2-1-3-5-14)22-18(28)12-6-8-13(9-7-12)25-33(31,32)15-11-21-20(30)23-19(15)29/h1-9,11,25H,10H2,(H,22,24,28)(H2,21,23,29,30). The summed E-state index contributed by atoms with van der Waals surface area (Å²) in [6, 6.07) is 14.1. The number of hydrogen-bond donors (Lipinski definition) is 4.